The second kappa shape index (κ2) is 4.45. The molecule has 0 fully saturated rings. The van der Waals surface area contributed by atoms with Crippen molar-refractivity contribution in [2.75, 3.05) is 0 Å². The molecule has 0 aromatic heterocycles. The van der Waals surface area contributed by atoms with Crippen molar-refractivity contribution in [2.24, 2.45) is 0 Å². The molecule has 0 aliphatic rings. The van der Waals surface area contributed by atoms with Crippen LogP contribution in [0.25, 0.3) is 0 Å². The summed E-state index contributed by atoms with van der Waals surface area (Å²) >= 11 is 6.25. The van der Waals surface area contributed by atoms with Crippen LogP contribution in [-0.2, 0) is 0 Å². The Kier molecular flexibility index (Phi) is 3.02. The zero-order valence-corrected chi connectivity index (χ0v) is 9.22. The highest BCUT2D eigenvalue weighted by molar-refractivity contribution is 6.22. The lowest BCUT2D eigenvalue weighted by atomic mass is 10.0. The van der Waals surface area contributed by atoms with Gasteiger partial charge in [0.25, 0.3) is 0 Å². The average Bonchev–Trinajstić information content (AvgIpc) is 2.28. The van der Waals surface area contributed by atoms with Crippen LogP contribution >= 0.6 is 11.6 Å². The van der Waals surface area contributed by atoms with E-state index in [1.54, 1.807) is 36.4 Å². The van der Waals surface area contributed by atoms with E-state index in [0.717, 1.165) is 11.1 Å². The van der Waals surface area contributed by atoms with Gasteiger partial charge in [0, 0.05) is 0 Å². The highest BCUT2D eigenvalue weighted by Crippen LogP contribution is 2.31. The molecule has 2 aromatic rings. The van der Waals surface area contributed by atoms with Crippen LogP contribution in [0, 0.1) is 0 Å². The fourth-order valence-corrected chi connectivity index (χ4v) is 1.83. The van der Waals surface area contributed by atoms with E-state index in [1.807, 2.05) is 12.1 Å². The van der Waals surface area contributed by atoms with E-state index >= 15 is 0 Å². The van der Waals surface area contributed by atoms with Gasteiger partial charge in [-0.1, -0.05) is 24.3 Å². The molecule has 2 nitrogen and oxygen atoms in total. The third-order valence-corrected chi connectivity index (χ3v) is 2.83. The van der Waals surface area contributed by atoms with Gasteiger partial charge in [0.2, 0.25) is 0 Å². The molecule has 2 rings (SSSR count). The number of halogens is 1. The molecular weight excluding hydrogens is 224 g/mol. The van der Waals surface area contributed by atoms with Gasteiger partial charge < -0.3 is 10.2 Å². The Morgan fingerprint density at radius 2 is 1.25 bits per heavy atom. The first-order valence-corrected chi connectivity index (χ1v) is 5.32. The van der Waals surface area contributed by atoms with Crippen LogP contribution in [-0.4, -0.2) is 10.2 Å². The summed E-state index contributed by atoms with van der Waals surface area (Å²) in [6.45, 7) is 0. The number of rotatable bonds is 2. The fourth-order valence-electron chi connectivity index (χ4n) is 1.56. The van der Waals surface area contributed by atoms with Crippen molar-refractivity contribution in [2.45, 2.75) is 5.38 Å². The van der Waals surface area contributed by atoms with Gasteiger partial charge in [0.15, 0.2) is 0 Å². The zero-order chi connectivity index (χ0) is 11.5. The zero-order valence-electron chi connectivity index (χ0n) is 8.47. The second-order valence-corrected chi connectivity index (χ2v) is 3.99. The van der Waals surface area contributed by atoms with Crippen molar-refractivity contribution in [3.05, 3.63) is 59.7 Å². The smallest absolute Gasteiger partial charge is 0.115 e. The predicted molar refractivity (Wildman–Crippen MR) is 63.9 cm³/mol. The first-order chi connectivity index (χ1) is 7.66. The molecule has 0 radical (unpaired) electrons. The standard InChI is InChI=1S/C13H11ClO2/c14-13(9-3-1-5-11(15)7-9)10-4-2-6-12(16)8-10/h1-8,13,15-16H. The van der Waals surface area contributed by atoms with E-state index in [0.29, 0.717) is 0 Å². The van der Waals surface area contributed by atoms with Crippen LogP contribution in [0.3, 0.4) is 0 Å². The maximum atomic E-state index is 9.36. The molecular formula is C13H11ClO2. The number of hydrogen-bond acceptors (Lipinski definition) is 2. The molecule has 0 amide bonds. The summed E-state index contributed by atoms with van der Waals surface area (Å²) < 4.78 is 0. The van der Waals surface area contributed by atoms with Crippen LogP contribution in [0.2, 0.25) is 0 Å². The van der Waals surface area contributed by atoms with Crippen molar-refractivity contribution < 1.29 is 10.2 Å². The Bertz CT molecular complexity index is 451. The average molecular weight is 235 g/mol. The molecule has 2 N–H and O–H groups in total. The minimum Gasteiger partial charge on any atom is -0.508 e. The van der Waals surface area contributed by atoms with Gasteiger partial charge in [0.1, 0.15) is 11.5 Å². The highest BCUT2D eigenvalue weighted by atomic mass is 35.5. The fraction of sp³-hybridized carbons (Fsp3) is 0.0769. The van der Waals surface area contributed by atoms with Gasteiger partial charge >= 0.3 is 0 Å². The van der Waals surface area contributed by atoms with Crippen LogP contribution in [0.4, 0.5) is 0 Å². The normalized spacial score (nSPS) is 10.6. The summed E-state index contributed by atoms with van der Waals surface area (Å²) in [6.07, 6.45) is 0. The molecule has 3 heteroatoms. The van der Waals surface area contributed by atoms with Crippen molar-refractivity contribution in [3.63, 3.8) is 0 Å². The molecule has 0 unspecified atom stereocenters. The third-order valence-electron chi connectivity index (χ3n) is 2.33. The summed E-state index contributed by atoms with van der Waals surface area (Å²) in [7, 11) is 0. The molecule has 2 aromatic carbocycles. The molecule has 0 saturated heterocycles. The van der Waals surface area contributed by atoms with Crippen LogP contribution in [0.1, 0.15) is 16.5 Å². The number of aromatic hydroxyl groups is 2. The van der Waals surface area contributed by atoms with E-state index < -0.39 is 0 Å². The Labute approximate surface area is 98.7 Å². The summed E-state index contributed by atoms with van der Waals surface area (Å²) in [6, 6.07) is 13.6. The predicted octanol–water partition coefficient (Wildman–Crippen LogP) is 3.43. The van der Waals surface area contributed by atoms with E-state index in [-0.39, 0.29) is 16.9 Å². The lowest BCUT2D eigenvalue weighted by molar-refractivity contribution is 0.474. The summed E-state index contributed by atoms with van der Waals surface area (Å²) in [4.78, 5) is 0. The maximum Gasteiger partial charge on any atom is 0.115 e. The van der Waals surface area contributed by atoms with Crippen molar-refractivity contribution in [1.82, 2.24) is 0 Å². The molecule has 0 spiro atoms. The number of phenolic OH excluding ortho intramolecular Hbond substituents is 2. The minimum atomic E-state index is -0.376. The Morgan fingerprint density at radius 3 is 1.62 bits per heavy atom. The second-order valence-electron chi connectivity index (χ2n) is 3.55. The monoisotopic (exact) mass is 234 g/mol. The molecule has 0 aliphatic carbocycles. The van der Waals surface area contributed by atoms with E-state index in [9.17, 15) is 10.2 Å². The van der Waals surface area contributed by atoms with Gasteiger partial charge in [-0.2, -0.15) is 0 Å². The maximum absolute atomic E-state index is 9.36. The molecule has 16 heavy (non-hydrogen) atoms. The minimum absolute atomic E-state index is 0.184. The topological polar surface area (TPSA) is 40.5 Å². The number of hydrogen-bond donors (Lipinski definition) is 2. The van der Waals surface area contributed by atoms with E-state index in [2.05, 4.69) is 0 Å². The van der Waals surface area contributed by atoms with Gasteiger partial charge in [-0.3, -0.25) is 0 Å². The summed E-state index contributed by atoms with van der Waals surface area (Å²) in [5.41, 5.74) is 1.60. The molecule has 0 heterocycles. The largest absolute Gasteiger partial charge is 0.508 e. The van der Waals surface area contributed by atoms with Gasteiger partial charge in [-0.25, -0.2) is 0 Å². The van der Waals surface area contributed by atoms with Gasteiger partial charge in [-0.15, -0.1) is 11.6 Å². The summed E-state index contributed by atoms with van der Waals surface area (Å²) in [5.74, 6) is 0.367. The SMILES string of the molecule is Oc1cccc(C(Cl)c2cccc(O)c2)c1. The van der Waals surface area contributed by atoms with E-state index in [1.165, 1.54) is 0 Å². The first kappa shape index (κ1) is 10.8. The van der Waals surface area contributed by atoms with Crippen LogP contribution in [0.15, 0.2) is 48.5 Å². The quantitative estimate of drug-likeness (QED) is 0.782. The molecule has 0 aliphatic heterocycles. The third kappa shape index (κ3) is 2.28. The molecule has 0 atom stereocenters. The van der Waals surface area contributed by atoms with Crippen molar-refractivity contribution in [3.8, 4) is 11.5 Å². The van der Waals surface area contributed by atoms with Crippen LogP contribution in [0.5, 0.6) is 11.5 Å². The number of benzene rings is 2. The lowest BCUT2D eigenvalue weighted by Crippen LogP contribution is -1.92. The molecule has 82 valence electrons. The molecule has 0 bridgehead atoms. The van der Waals surface area contributed by atoms with Gasteiger partial charge in [0.05, 0.1) is 5.38 Å². The number of phenols is 2. The Morgan fingerprint density at radius 1 is 0.812 bits per heavy atom. The van der Waals surface area contributed by atoms with Crippen molar-refractivity contribution in [1.29, 1.82) is 0 Å². The van der Waals surface area contributed by atoms with Crippen LogP contribution < -0.4 is 0 Å². The highest BCUT2D eigenvalue weighted by Gasteiger charge is 2.11. The van der Waals surface area contributed by atoms with Crippen molar-refractivity contribution >= 4 is 11.6 Å². The Hall–Kier alpha value is -1.67. The number of alkyl halides is 1. The molecule has 0 saturated carbocycles. The summed E-state index contributed by atoms with van der Waals surface area (Å²) in [5, 5.41) is 18.3. The first-order valence-electron chi connectivity index (χ1n) is 4.89. The lowest BCUT2D eigenvalue weighted by Gasteiger charge is -2.10. The van der Waals surface area contributed by atoms with E-state index in [4.69, 9.17) is 11.6 Å². The Balaban J connectivity index is 2.35. The van der Waals surface area contributed by atoms with Gasteiger partial charge in [-0.05, 0) is 35.4 Å².